The first-order valence-electron chi connectivity index (χ1n) is 11.3. The zero-order chi connectivity index (χ0) is 24.1. The molecular weight excluding hydrogens is 432 g/mol. The van der Waals surface area contributed by atoms with E-state index in [9.17, 15) is 4.79 Å². The van der Waals surface area contributed by atoms with Crippen LogP contribution in [0, 0.1) is 0 Å². The van der Waals surface area contributed by atoms with E-state index in [1.54, 1.807) is 21.3 Å². The SMILES string of the molecule is CCOc1ccccc1NC(=O)N1CCc2cc(OC)c(OC)cc2[C@H]1c1ccc(OC)cc1. The Hall–Kier alpha value is -3.87. The Morgan fingerprint density at radius 3 is 2.32 bits per heavy atom. The normalized spacial score (nSPS) is 14.7. The Balaban J connectivity index is 1.75. The lowest BCUT2D eigenvalue weighted by atomic mass is 9.87. The lowest BCUT2D eigenvalue weighted by Crippen LogP contribution is -2.43. The number of urea groups is 1. The molecule has 3 aromatic rings. The molecule has 0 aromatic heterocycles. The predicted octanol–water partition coefficient (Wildman–Crippen LogP) is 5.29. The van der Waals surface area contributed by atoms with Crippen LogP contribution in [-0.2, 0) is 6.42 Å². The van der Waals surface area contributed by atoms with Crippen molar-refractivity contribution in [1.29, 1.82) is 0 Å². The highest BCUT2D eigenvalue weighted by Gasteiger charge is 2.33. The number of hydrogen-bond acceptors (Lipinski definition) is 5. The van der Waals surface area contributed by atoms with Crippen LogP contribution in [0.5, 0.6) is 23.0 Å². The van der Waals surface area contributed by atoms with Gasteiger partial charge in [0.05, 0.1) is 39.7 Å². The van der Waals surface area contributed by atoms with E-state index in [0.717, 1.165) is 22.4 Å². The molecule has 7 heteroatoms. The zero-order valence-corrected chi connectivity index (χ0v) is 20.0. The molecule has 178 valence electrons. The van der Waals surface area contributed by atoms with Crippen LogP contribution >= 0.6 is 0 Å². The van der Waals surface area contributed by atoms with E-state index in [1.165, 1.54) is 0 Å². The number of anilines is 1. The number of ether oxygens (including phenoxy) is 4. The minimum atomic E-state index is -0.311. The highest BCUT2D eigenvalue weighted by molar-refractivity contribution is 5.91. The second-order valence-electron chi connectivity index (χ2n) is 7.88. The third-order valence-corrected chi connectivity index (χ3v) is 5.99. The first-order valence-corrected chi connectivity index (χ1v) is 11.3. The number of para-hydroxylation sites is 2. The Morgan fingerprint density at radius 2 is 1.65 bits per heavy atom. The van der Waals surface area contributed by atoms with E-state index in [2.05, 4.69) is 5.32 Å². The van der Waals surface area contributed by atoms with Gasteiger partial charge in [-0.15, -0.1) is 0 Å². The second kappa shape index (κ2) is 10.4. The number of nitrogens with one attached hydrogen (secondary N) is 1. The van der Waals surface area contributed by atoms with Gasteiger partial charge in [0.1, 0.15) is 11.5 Å². The highest BCUT2D eigenvalue weighted by atomic mass is 16.5. The lowest BCUT2D eigenvalue weighted by molar-refractivity contribution is 0.193. The molecule has 7 nitrogen and oxygen atoms in total. The number of amides is 2. The van der Waals surface area contributed by atoms with Crippen LogP contribution < -0.4 is 24.3 Å². The molecule has 0 radical (unpaired) electrons. The molecule has 1 aliphatic heterocycles. The van der Waals surface area contributed by atoms with Gasteiger partial charge in [-0.05, 0) is 66.4 Å². The van der Waals surface area contributed by atoms with Crippen LogP contribution in [0.1, 0.15) is 29.7 Å². The second-order valence-corrected chi connectivity index (χ2v) is 7.88. The molecule has 1 aliphatic rings. The summed E-state index contributed by atoms with van der Waals surface area (Å²) in [6.07, 6.45) is 0.697. The molecule has 0 unspecified atom stereocenters. The fourth-order valence-electron chi connectivity index (χ4n) is 4.35. The smallest absolute Gasteiger partial charge is 0.322 e. The molecule has 1 atom stereocenters. The summed E-state index contributed by atoms with van der Waals surface area (Å²) < 4.78 is 22.1. The fourth-order valence-corrected chi connectivity index (χ4v) is 4.35. The van der Waals surface area contributed by atoms with Crippen molar-refractivity contribution in [2.45, 2.75) is 19.4 Å². The summed E-state index contributed by atoms with van der Waals surface area (Å²) in [5.41, 5.74) is 3.74. The molecule has 0 aliphatic carbocycles. The third kappa shape index (κ3) is 4.59. The zero-order valence-electron chi connectivity index (χ0n) is 20.0. The Kier molecular flexibility index (Phi) is 7.11. The van der Waals surface area contributed by atoms with Gasteiger partial charge in [0.25, 0.3) is 0 Å². The van der Waals surface area contributed by atoms with Gasteiger partial charge in [0.15, 0.2) is 11.5 Å². The first kappa shape index (κ1) is 23.3. The van der Waals surface area contributed by atoms with E-state index < -0.39 is 0 Å². The summed E-state index contributed by atoms with van der Waals surface area (Å²) in [4.78, 5) is 15.4. The number of methoxy groups -OCH3 is 3. The van der Waals surface area contributed by atoms with Crippen LogP contribution in [0.3, 0.4) is 0 Å². The average molecular weight is 463 g/mol. The van der Waals surface area contributed by atoms with E-state index in [0.29, 0.717) is 42.5 Å². The van der Waals surface area contributed by atoms with Crippen molar-refractivity contribution in [3.63, 3.8) is 0 Å². The van der Waals surface area contributed by atoms with Crippen molar-refractivity contribution < 1.29 is 23.7 Å². The van der Waals surface area contributed by atoms with Gasteiger partial charge < -0.3 is 29.2 Å². The first-order chi connectivity index (χ1) is 16.6. The van der Waals surface area contributed by atoms with Gasteiger partial charge in [0.2, 0.25) is 0 Å². The maximum Gasteiger partial charge on any atom is 0.322 e. The summed E-state index contributed by atoms with van der Waals surface area (Å²) in [7, 11) is 4.88. The van der Waals surface area contributed by atoms with Crippen LogP contribution in [0.2, 0.25) is 0 Å². The lowest BCUT2D eigenvalue weighted by Gasteiger charge is -2.38. The van der Waals surface area contributed by atoms with E-state index in [1.807, 2.05) is 72.5 Å². The topological polar surface area (TPSA) is 69.3 Å². The van der Waals surface area contributed by atoms with Crippen molar-refractivity contribution in [2.24, 2.45) is 0 Å². The van der Waals surface area contributed by atoms with Gasteiger partial charge in [-0.1, -0.05) is 24.3 Å². The summed E-state index contributed by atoms with van der Waals surface area (Å²) in [5.74, 6) is 2.71. The molecule has 34 heavy (non-hydrogen) atoms. The minimum Gasteiger partial charge on any atom is -0.497 e. The molecule has 3 aromatic carbocycles. The van der Waals surface area contributed by atoms with Crippen molar-refractivity contribution in [2.75, 3.05) is 39.8 Å². The minimum absolute atomic E-state index is 0.201. The molecule has 1 N–H and O–H groups in total. The van der Waals surface area contributed by atoms with Gasteiger partial charge in [-0.25, -0.2) is 4.79 Å². The van der Waals surface area contributed by atoms with Gasteiger partial charge in [-0.3, -0.25) is 0 Å². The highest BCUT2D eigenvalue weighted by Crippen LogP contribution is 2.41. The van der Waals surface area contributed by atoms with E-state index in [-0.39, 0.29) is 12.1 Å². The molecule has 0 saturated heterocycles. The molecule has 1 heterocycles. The van der Waals surface area contributed by atoms with Crippen LogP contribution in [0.25, 0.3) is 0 Å². The maximum absolute atomic E-state index is 13.6. The van der Waals surface area contributed by atoms with Crippen LogP contribution in [-0.4, -0.2) is 45.4 Å². The molecule has 0 fully saturated rings. The van der Waals surface area contributed by atoms with Crippen LogP contribution in [0.15, 0.2) is 60.7 Å². The van der Waals surface area contributed by atoms with Gasteiger partial charge >= 0.3 is 6.03 Å². The van der Waals surface area contributed by atoms with Crippen molar-refractivity contribution in [1.82, 2.24) is 4.90 Å². The Bertz CT molecular complexity index is 1150. The van der Waals surface area contributed by atoms with E-state index in [4.69, 9.17) is 18.9 Å². The van der Waals surface area contributed by atoms with Crippen LogP contribution in [0.4, 0.5) is 10.5 Å². The van der Waals surface area contributed by atoms with Gasteiger partial charge in [0, 0.05) is 6.54 Å². The number of hydrogen-bond donors (Lipinski definition) is 1. The van der Waals surface area contributed by atoms with Crippen molar-refractivity contribution >= 4 is 11.7 Å². The summed E-state index contributed by atoms with van der Waals surface area (Å²) in [6, 6.07) is 18.7. The van der Waals surface area contributed by atoms with Gasteiger partial charge in [-0.2, -0.15) is 0 Å². The summed E-state index contributed by atoms with van der Waals surface area (Å²) >= 11 is 0. The summed E-state index contributed by atoms with van der Waals surface area (Å²) in [5, 5.41) is 3.05. The monoisotopic (exact) mass is 462 g/mol. The van der Waals surface area contributed by atoms with Crippen molar-refractivity contribution in [3.05, 3.63) is 77.4 Å². The molecule has 0 spiro atoms. The van der Waals surface area contributed by atoms with Crippen molar-refractivity contribution in [3.8, 4) is 23.0 Å². The third-order valence-electron chi connectivity index (χ3n) is 5.99. The molecule has 4 rings (SSSR count). The fraction of sp³-hybridized carbons (Fsp3) is 0.296. The number of benzene rings is 3. The largest absolute Gasteiger partial charge is 0.497 e. The molecule has 0 bridgehead atoms. The maximum atomic E-state index is 13.6. The predicted molar refractivity (Wildman–Crippen MR) is 131 cm³/mol. The number of fused-ring (bicyclic) bond motifs is 1. The Labute approximate surface area is 200 Å². The quantitative estimate of drug-likeness (QED) is 0.517. The molecular formula is C27H30N2O5. The standard InChI is InChI=1S/C27H30N2O5/c1-5-34-23-9-7-6-8-22(23)28-27(30)29-15-14-19-16-24(32-3)25(33-4)17-21(19)26(29)18-10-12-20(31-2)13-11-18/h6-13,16-17,26H,5,14-15H2,1-4H3,(H,28,30)/t26-/m1/s1. The molecule has 0 saturated carbocycles. The number of carbonyl (C=O) groups is 1. The average Bonchev–Trinajstić information content (AvgIpc) is 2.88. The number of rotatable bonds is 7. The number of carbonyl (C=O) groups excluding carboxylic acids is 1. The number of nitrogens with zero attached hydrogens (tertiary/aromatic N) is 1. The summed E-state index contributed by atoms with van der Waals surface area (Å²) in [6.45, 7) is 2.98. The van der Waals surface area contributed by atoms with E-state index >= 15 is 0 Å². The molecule has 2 amide bonds. The Morgan fingerprint density at radius 1 is 0.941 bits per heavy atom.